The van der Waals surface area contributed by atoms with Gasteiger partial charge in [-0.05, 0) is 192 Å². The number of carbonyl (C=O) groups excluding carboxylic acids is 1. The van der Waals surface area contributed by atoms with E-state index in [0.29, 0.717) is 29.7 Å². The van der Waals surface area contributed by atoms with Gasteiger partial charge in [-0.15, -0.1) is 0 Å². The number of nitriles is 3. The van der Waals surface area contributed by atoms with Gasteiger partial charge >= 0.3 is 0 Å². The molecule has 9 N–H and O–H groups in total. The number of benzene rings is 6. The molecular formula is C81H102F6N8O4. The lowest BCUT2D eigenvalue weighted by atomic mass is 9.74. The topological polar surface area (TPSA) is 223 Å². The lowest BCUT2D eigenvalue weighted by Crippen LogP contribution is -2.53. The SMILES string of the molecule is CC(=O)N[C@@H](Cc1cc(F)cc(F)c1)[C@H](O)CNC1(c2cccc(C(C)(C)C#N)c2)CCCCC1.CC(C)(C#N)c1cccc(C2(NC[C@@H](O)[C@@H](N)Cc3cc(F)cc(F)c3)CCCCC2)c1.C[C@@H](Cc1cc(F)cc(F)c1)[C@H](O)CNC1(c2cccc(C(C)(C)C#N)c2)CCCCC1. The van der Waals surface area contributed by atoms with E-state index in [2.05, 4.69) is 75.9 Å². The highest BCUT2D eigenvalue weighted by atomic mass is 19.2. The lowest BCUT2D eigenvalue weighted by Gasteiger charge is -2.41. The minimum Gasteiger partial charge on any atom is -0.392 e. The molecule has 3 fully saturated rings. The zero-order valence-corrected chi connectivity index (χ0v) is 58.9. The highest BCUT2D eigenvalue weighted by Gasteiger charge is 2.39. The quantitative estimate of drug-likeness (QED) is 0.0252. The molecule has 0 unspecified atom stereocenters. The molecule has 6 atom stereocenters. The maximum atomic E-state index is 13.7. The van der Waals surface area contributed by atoms with E-state index in [1.165, 1.54) is 56.2 Å². The molecule has 12 nitrogen and oxygen atoms in total. The largest absolute Gasteiger partial charge is 0.392 e. The molecule has 6 aromatic rings. The maximum absolute atomic E-state index is 13.7. The number of hydrogen-bond donors (Lipinski definition) is 8. The molecule has 18 heteroatoms. The van der Waals surface area contributed by atoms with E-state index in [4.69, 9.17) is 5.73 Å². The van der Waals surface area contributed by atoms with Crippen molar-refractivity contribution in [2.24, 2.45) is 11.7 Å². The first-order valence-corrected chi connectivity index (χ1v) is 35.1. The summed E-state index contributed by atoms with van der Waals surface area (Å²) in [4.78, 5) is 11.8. The van der Waals surface area contributed by atoms with Crippen molar-refractivity contribution < 1.29 is 46.5 Å². The van der Waals surface area contributed by atoms with Crippen LogP contribution >= 0.6 is 0 Å². The summed E-state index contributed by atoms with van der Waals surface area (Å²) in [5.74, 6) is -4.38. The minimum absolute atomic E-state index is 0.0932. The number of carbonyl (C=O) groups is 1. The summed E-state index contributed by atoms with van der Waals surface area (Å²) >= 11 is 0. The van der Waals surface area contributed by atoms with E-state index >= 15 is 0 Å². The second kappa shape index (κ2) is 35.2. The molecule has 9 rings (SSSR count). The molecular weight excluding hydrogens is 1260 g/mol. The number of nitrogens with one attached hydrogen (secondary N) is 4. The van der Waals surface area contributed by atoms with Gasteiger partial charge in [0.05, 0.1) is 58.8 Å². The predicted molar refractivity (Wildman–Crippen MR) is 376 cm³/mol. The lowest BCUT2D eigenvalue weighted by molar-refractivity contribution is -0.120. The van der Waals surface area contributed by atoms with Gasteiger partial charge in [0, 0.05) is 67.4 Å². The molecule has 0 aromatic heterocycles. The van der Waals surface area contributed by atoms with E-state index in [-0.39, 0.29) is 54.4 Å². The van der Waals surface area contributed by atoms with Crippen molar-refractivity contribution in [1.29, 1.82) is 15.8 Å². The molecule has 0 heterocycles. The van der Waals surface area contributed by atoms with E-state index in [0.717, 1.165) is 135 Å². The average molecular weight is 1370 g/mol. The van der Waals surface area contributed by atoms with Gasteiger partial charge < -0.3 is 42.3 Å². The van der Waals surface area contributed by atoms with Gasteiger partial charge in [0.2, 0.25) is 5.91 Å². The standard InChI is InChI=1S/C28H35F2N3O2.C27H34F2N2O.C26H33F2N3O/c1-19(34)33-25(14-20-12-23(29)16-24(30)13-20)26(35)17-32-28(10-5-4-6-11-28)22-9-7-8-21(15-22)27(2,3)18-31;1-19(12-20-13-23(28)16-24(29)14-20)25(32)17-31-27(10-5-4-6-11-27)22-9-7-8-21(15-22)26(2,3)18-30;1-25(2,17-29)19-7-6-8-20(14-19)26(9-4-3-5-10-26)31-16-24(32)23(30)13-18-11-21(27)15-22(28)12-18/h7-9,12-13,15-16,25-26,32,35H,4-6,10-11,14,17H2,1-3H3,(H,33,34);7-9,13-16,19,25,31-32H,4-6,10-12,17H2,1-3H3;6-8,11-12,14-15,23-24,31-32H,3-5,9-10,13,16,30H2,1-2H3/t25-,26+;19-,25+;23-,24+/m000/s1. The van der Waals surface area contributed by atoms with Crippen LogP contribution in [0.4, 0.5) is 26.3 Å². The van der Waals surface area contributed by atoms with Gasteiger partial charge in [0.1, 0.15) is 34.9 Å². The van der Waals surface area contributed by atoms with Crippen LogP contribution in [-0.2, 0) is 56.9 Å². The van der Waals surface area contributed by atoms with Crippen molar-refractivity contribution in [1.82, 2.24) is 21.3 Å². The fourth-order valence-electron chi connectivity index (χ4n) is 14.3. The molecule has 6 aromatic carbocycles. The first-order chi connectivity index (χ1) is 46.8. The third kappa shape index (κ3) is 22.0. The number of hydrogen-bond acceptors (Lipinski definition) is 11. The third-order valence-electron chi connectivity index (χ3n) is 20.6. The van der Waals surface area contributed by atoms with Crippen LogP contribution in [0, 0.1) is 74.8 Å². The zero-order valence-electron chi connectivity index (χ0n) is 58.9. The first kappa shape index (κ1) is 78.9. The molecule has 99 heavy (non-hydrogen) atoms. The third-order valence-corrected chi connectivity index (χ3v) is 20.6. The highest BCUT2D eigenvalue weighted by molar-refractivity contribution is 5.73. The van der Waals surface area contributed by atoms with Crippen LogP contribution in [0.1, 0.15) is 202 Å². The van der Waals surface area contributed by atoms with Crippen molar-refractivity contribution in [2.45, 2.75) is 234 Å². The van der Waals surface area contributed by atoms with Gasteiger partial charge in [0.25, 0.3) is 0 Å². The smallest absolute Gasteiger partial charge is 0.217 e. The average Bonchev–Trinajstić information content (AvgIpc) is 0.799. The van der Waals surface area contributed by atoms with Crippen molar-refractivity contribution >= 4 is 5.91 Å². The van der Waals surface area contributed by atoms with Crippen LogP contribution in [-0.4, -0.2) is 71.3 Å². The Labute approximate surface area is 582 Å². The Hall–Kier alpha value is -7.44. The zero-order chi connectivity index (χ0) is 72.3. The summed E-state index contributed by atoms with van der Waals surface area (Å²) in [5, 5.41) is 74.9. The van der Waals surface area contributed by atoms with Crippen LogP contribution in [0.3, 0.4) is 0 Å². The van der Waals surface area contributed by atoms with Gasteiger partial charge in [0.15, 0.2) is 0 Å². The van der Waals surface area contributed by atoms with Crippen LogP contribution in [0.25, 0.3) is 0 Å². The van der Waals surface area contributed by atoms with Gasteiger partial charge in [-0.25, -0.2) is 26.3 Å². The molecule has 0 spiro atoms. The molecule has 0 bridgehead atoms. The fourth-order valence-corrected chi connectivity index (χ4v) is 14.3. The molecule has 3 aliphatic carbocycles. The van der Waals surface area contributed by atoms with Crippen LogP contribution < -0.4 is 27.0 Å². The Morgan fingerprint density at radius 2 is 0.747 bits per heavy atom. The first-order valence-electron chi connectivity index (χ1n) is 35.1. The Morgan fingerprint density at radius 3 is 1.06 bits per heavy atom. The summed E-state index contributed by atoms with van der Waals surface area (Å²) in [7, 11) is 0. The Bertz CT molecular complexity index is 3550. The molecule has 1 amide bonds. The summed E-state index contributed by atoms with van der Waals surface area (Å²) in [6.07, 6.45) is 13.6. The second-order valence-electron chi connectivity index (χ2n) is 29.6. The van der Waals surface area contributed by atoms with E-state index in [9.17, 15) is 62.2 Å². The van der Waals surface area contributed by atoms with Crippen LogP contribution in [0.2, 0.25) is 0 Å². The number of aliphatic hydroxyl groups is 3. The van der Waals surface area contributed by atoms with E-state index in [1.54, 1.807) is 0 Å². The van der Waals surface area contributed by atoms with Crippen molar-refractivity contribution in [3.63, 3.8) is 0 Å². The van der Waals surface area contributed by atoms with Gasteiger partial charge in [-0.2, -0.15) is 15.8 Å². The minimum atomic E-state index is -0.984. The summed E-state index contributed by atoms with van der Waals surface area (Å²) < 4.78 is 81.4. The van der Waals surface area contributed by atoms with Gasteiger partial charge in [-0.1, -0.05) is 138 Å². The predicted octanol–water partition coefficient (Wildman–Crippen LogP) is 14.8. The van der Waals surface area contributed by atoms with Crippen molar-refractivity contribution in [3.8, 4) is 18.2 Å². The van der Waals surface area contributed by atoms with Crippen molar-refractivity contribution in [2.75, 3.05) is 19.6 Å². The highest BCUT2D eigenvalue weighted by Crippen LogP contribution is 2.42. The second-order valence-corrected chi connectivity index (χ2v) is 29.6. The molecule has 0 aliphatic heterocycles. The number of nitrogens with zero attached hydrogens (tertiary/aromatic N) is 3. The summed E-state index contributed by atoms with van der Waals surface area (Å²) in [6.45, 7) is 15.6. The Morgan fingerprint density at radius 1 is 0.455 bits per heavy atom. The Balaban J connectivity index is 0.000000209. The number of rotatable bonds is 25. The van der Waals surface area contributed by atoms with Crippen LogP contribution in [0.15, 0.2) is 127 Å². The van der Waals surface area contributed by atoms with Gasteiger partial charge in [-0.3, -0.25) is 4.79 Å². The maximum Gasteiger partial charge on any atom is 0.217 e. The van der Waals surface area contributed by atoms with E-state index < -0.39 is 81.5 Å². The molecule has 3 saturated carbocycles. The monoisotopic (exact) mass is 1360 g/mol. The Kier molecular flexibility index (Phi) is 28.1. The molecule has 0 saturated heterocycles. The van der Waals surface area contributed by atoms with E-state index in [1.807, 2.05) is 84.9 Å². The van der Waals surface area contributed by atoms with Crippen LogP contribution in [0.5, 0.6) is 0 Å². The fraction of sp³-hybridized carbons (Fsp3) is 0.506. The molecule has 3 aliphatic rings. The molecule has 0 radical (unpaired) electrons. The number of halogens is 6. The summed E-state index contributed by atoms with van der Waals surface area (Å²) in [6, 6.07) is 40.2. The normalized spacial score (nSPS) is 17.8. The summed E-state index contributed by atoms with van der Waals surface area (Å²) in [5.41, 5.74) is 11.1. The molecule has 532 valence electrons. The van der Waals surface area contributed by atoms with Crippen molar-refractivity contribution in [3.05, 3.63) is 212 Å². The number of nitrogens with two attached hydrogens (primary N) is 1. The number of aliphatic hydroxyl groups excluding tert-OH is 3. The number of amides is 1.